The number of hydrogen-bond donors (Lipinski definition) is 1. The monoisotopic (exact) mass is 307 g/mol. The van der Waals surface area contributed by atoms with Crippen LogP contribution in [0.5, 0.6) is 5.75 Å². The van der Waals surface area contributed by atoms with Crippen LogP contribution in [0.2, 0.25) is 5.02 Å². The highest BCUT2D eigenvalue weighted by Crippen LogP contribution is 2.30. The van der Waals surface area contributed by atoms with Crippen molar-refractivity contribution in [3.05, 3.63) is 29.1 Å². The fourth-order valence-corrected chi connectivity index (χ4v) is 2.77. The summed E-state index contributed by atoms with van der Waals surface area (Å²) in [5, 5.41) is 8.03. The maximum absolute atomic E-state index is 5.96. The zero-order valence-electron chi connectivity index (χ0n) is 11.9. The first-order valence-corrected chi connectivity index (χ1v) is 7.51. The summed E-state index contributed by atoms with van der Waals surface area (Å²) in [6.45, 7) is 2.20. The van der Waals surface area contributed by atoms with Gasteiger partial charge in [-0.05, 0) is 50.0 Å². The zero-order chi connectivity index (χ0) is 14.7. The zero-order valence-corrected chi connectivity index (χ0v) is 12.7. The normalized spacial score (nSPS) is 18.1. The highest BCUT2D eigenvalue weighted by molar-refractivity contribution is 6.30. The van der Waals surface area contributed by atoms with Gasteiger partial charge in [-0.3, -0.25) is 0 Å². The van der Waals surface area contributed by atoms with E-state index in [1.165, 1.54) is 6.42 Å². The standard InChI is InChI=1S/C15H18ClN3O2/c1-20-13-8-11(16)3-4-12(13)15-18-14(21-19-15)5-2-10-6-7-17-9-10/h3-4,8,10,17H,2,5-7,9H2,1H3. The first-order valence-electron chi connectivity index (χ1n) is 7.13. The predicted octanol–water partition coefficient (Wildman–Crippen LogP) is 2.94. The molecule has 1 unspecified atom stereocenters. The molecule has 1 atom stereocenters. The summed E-state index contributed by atoms with van der Waals surface area (Å²) < 4.78 is 10.7. The summed E-state index contributed by atoms with van der Waals surface area (Å²) in [5.41, 5.74) is 0.791. The molecular weight excluding hydrogens is 290 g/mol. The first kappa shape index (κ1) is 14.4. The Morgan fingerprint density at radius 1 is 1.48 bits per heavy atom. The van der Waals surface area contributed by atoms with Gasteiger partial charge in [0.05, 0.1) is 12.7 Å². The van der Waals surface area contributed by atoms with Gasteiger partial charge in [-0.2, -0.15) is 4.98 Å². The second-order valence-corrected chi connectivity index (χ2v) is 5.69. The van der Waals surface area contributed by atoms with E-state index in [0.29, 0.717) is 28.4 Å². The highest BCUT2D eigenvalue weighted by atomic mass is 35.5. The van der Waals surface area contributed by atoms with E-state index >= 15 is 0 Å². The van der Waals surface area contributed by atoms with Crippen LogP contribution in [0.1, 0.15) is 18.7 Å². The van der Waals surface area contributed by atoms with Gasteiger partial charge >= 0.3 is 0 Å². The number of aryl methyl sites for hydroxylation is 1. The maximum atomic E-state index is 5.96. The SMILES string of the molecule is COc1cc(Cl)ccc1-c1noc(CCC2CCNC2)n1. The molecule has 2 heterocycles. The van der Waals surface area contributed by atoms with E-state index in [1.54, 1.807) is 19.2 Å². The molecule has 21 heavy (non-hydrogen) atoms. The predicted molar refractivity (Wildman–Crippen MR) is 80.6 cm³/mol. The fourth-order valence-electron chi connectivity index (χ4n) is 2.60. The molecule has 1 fully saturated rings. The molecule has 0 bridgehead atoms. The number of nitrogens with one attached hydrogen (secondary N) is 1. The Bertz CT molecular complexity index is 609. The second kappa shape index (κ2) is 6.45. The summed E-state index contributed by atoms with van der Waals surface area (Å²) >= 11 is 5.96. The second-order valence-electron chi connectivity index (χ2n) is 5.25. The van der Waals surface area contributed by atoms with Crippen molar-refractivity contribution >= 4 is 11.6 Å². The highest BCUT2D eigenvalue weighted by Gasteiger charge is 2.17. The van der Waals surface area contributed by atoms with Crippen LogP contribution in [0.4, 0.5) is 0 Å². The Balaban J connectivity index is 1.72. The summed E-state index contributed by atoms with van der Waals surface area (Å²) in [5.74, 6) is 2.58. The van der Waals surface area contributed by atoms with E-state index in [4.69, 9.17) is 20.9 Å². The van der Waals surface area contributed by atoms with Gasteiger partial charge in [-0.15, -0.1) is 0 Å². The molecule has 1 aromatic carbocycles. The van der Waals surface area contributed by atoms with E-state index < -0.39 is 0 Å². The van der Waals surface area contributed by atoms with Gasteiger partial charge in [0.2, 0.25) is 11.7 Å². The van der Waals surface area contributed by atoms with Crippen molar-refractivity contribution in [3.63, 3.8) is 0 Å². The van der Waals surface area contributed by atoms with Gasteiger partial charge < -0.3 is 14.6 Å². The molecule has 0 spiro atoms. The Morgan fingerprint density at radius 3 is 3.14 bits per heavy atom. The minimum absolute atomic E-state index is 0.545. The van der Waals surface area contributed by atoms with Crippen LogP contribution in [0, 0.1) is 5.92 Å². The summed E-state index contributed by atoms with van der Waals surface area (Å²) in [4.78, 5) is 4.46. The summed E-state index contributed by atoms with van der Waals surface area (Å²) in [6, 6.07) is 5.38. The Morgan fingerprint density at radius 2 is 2.38 bits per heavy atom. The van der Waals surface area contributed by atoms with Crippen molar-refractivity contribution in [2.24, 2.45) is 5.92 Å². The van der Waals surface area contributed by atoms with Crippen LogP contribution >= 0.6 is 11.6 Å². The Labute approximate surface area is 128 Å². The van der Waals surface area contributed by atoms with Gasteiger partial charge in [-0.1, -0.05) is 16.8 Å². The maximum Gasteiger partial charge on any atom is 0.226 e. The van der Waals surface area contributed by atoms with Crippen molar-refractivity contribution in [2.75, 3.05) is 20.2 Å². The lowest BCUT2D eigenvalue weighted by molar-refractivity contribution is 0.364. The quantitative estimate of drug-likeness (QED) is 0.920. The van der Waals surface area contributed by atoms with Crippen LogP contribution in [-0.2, 0) is 6.42 Å². The molecule has 6 heteroatoms. The molecule has 2 aromatic rings. The number of halogens is 1. The number of rotatable bonds is 5. The van der Waals surface area contributed by atoms with Gasteiger partial charge in [0, 0.05) is 11.4 Å². The minimum atomic E-state index is 0.545. The number of ether oxygens (including phenoxy) is 1. The molecule has 1 aromatic heterocycles. The van der Waals surface area contributed by atoms with Gasteiger partial charge in [-0.25, -0.2) is 0 Å². The van der Waals surface area contributed by atoms with Crippen molar-refractivity contribution in [1.29, 1.82) is 0 Å². The molecule has 3 rings (SSSR count). The number of benzene rings is 1. The number of hydrogen-bond acceptors (Lipinski definition) is 5. The van der Waals surface area contributed by atoms with Gasteiger partial charge in [0.1, 0.15) is 5.75 Å². The van der Waals surface area contributed by atoms with Crippen molar-refractivity contribution in [1.82, 2.24) is 15.5 Å². The van der Waals surface area contributed by atoms with E-state index in [0.717, 1.165) is 31.5 Å². The van der Waals surface area contributed by atoms with Crippen molar-refractivity contribution < 1.29 is 9.26 Å². The molecule has 5 nitrogen and oxygen atoms in total. The van der Waals surface area contributed by atoms with E-state index in [2.05, 4.69) is 15.5 Å². The average molecular weight is 308 g/mol. The molecule has 0 radical (unpaired) electrons. The molecular formula is C15H18ClN3O2. The molecule has 112 valence electrons. The van der Waals surface area contributed by atoms with E-state index in [1.807, 2.05) is 6.07 Å². The van der Waals surface area contributed by atoms with Crippen LogP contribution in [0.15, 0.2) is 22.7 Å². The van der Waals surface area contributed by atoms with Gasteiger partial charge in [0.25, 0.3) is 0 Å². The van der Waals surface area contributed by atoms with Crippen molar-refractivity contribution in [3.8, 4) is 17.1 Å². The topological polar surface area (TPSA) is 60.2 Å². The molecule has 0 amide bonds. The fraction of sp³-hybridized carbons (Fsp3) is 0.467. The van der Waals surface area contributed by atoms with Crippen LogP contribution in [0.3, 0.4) is 0 Å². The Hall–Kier alpha value is -1.59. The molecule has 0 saturated carbocycles. The average Bonchev–Trinajstić information content (AvgIpc) is 3.16. The summed E-state index contributed by atoms with van der Waals surface area (Å²) in [7, 11) is 1.60. The van der Waals surface area contributed by atoms with Crippen LogP contribution in [-0.4, -0.2) is 30.3 Å². The smallest absolute Gasteiger partial charge is 0.226 e. The largest absolute Gasteiger partial charge is 0.496 e. The third-order valence-corrected chi connectivity index (χ3v) is 4.04. The molecule has 1 saturated heterocycles. The minimum Gasteiger partial charge on any atom is -0.496 e. The van der Waals surface area contributed by atoms with Crippen molar-refractivity contribution in [2.45, 2.75) is 19.3 Å². The Kier molecular flexibility index (Phi) is 4.41. The lowest BCUT2D eigenvalue weighted by Gasteiger charge is -2.05. The third-order valence-electron chi connectivity index (χ3n) is 3.80. The number of methoxy groups -OCH3 is 1. The van der Waals surface area contributed by atoms with E-state index in [9.17, 15) is 0 Å². The molecule has 1 N–H and O–H groups in total. The number of aromatic nitrogens is 2. The lowest BCUT2D eigenvalue weighted by Crippen LogP contribution is -2.09. The lowest BCUT2D eigenvalue weighted by atomic mass is 10.0. The molecule has 0 aliphatic carbocycles. The molecule has 1 aliphatic heterocycles. The third kappa shape index (κ3) is 3.36. The van der Waals surface area contributed by atoms with E-state index in [-0.39, 0.29) is 0 Å². The summed E-state index contributed by atoms with van der Waals surface area (Å²) in [6.07, 6.45) is 3.12. The first-order chi connectivity index (χ1) is 10.3. The van der Waals surface area contributed by atoms with Crippen LogP contribution in [0.25, 0.3) is 11.4 Å². The van der Waals surface area contributed by atoms with Gasteiger partial charge in [0.15, 0.2) is 0 Å². The molecule has 1 aliphatic rings. The van der Waals surface area contributed by atoms with Crippen LogP contribution < -0.4 is 10.1 Å². The number of nitrogens with zero attached hydrogens (tertiary/aromatic N) is 2.